The summed E-state index contributed by atoms with van der Waals surface area (Å²) in [5.74, 6) is 0.326. The molecule has 0 aliphatic rings. The van der Waals surface area contributed by atoms with Crippen molar-refractivity contribution >= 4 is 11.3 Å². The first kappa shape index (κ1) is 31.6. The maximum atomic E-state index is 12.4. The minimum Gasteiger partial charge on any atom is -0.406 e. The Balaban J connectivity index is 1.31. The third-order valence-electron chi connectivity index (χ3n) is 7.00. The van der Waals surface area contributed by atoms with E-state index >= 15 is 0 Å². The molecule has 5 aromatic rings. The first-order valence-electron chi connectivity index (χ1n) is 14.0. The number of aryl methyl sites for hydroxylation is 2. The van der Waals surface area contributed by atoms with E-state index in [1.165, 1.54) is 57.7 Å². The van der Waals surface area contributed by atoms with Crippen LogP contribution < -0.4 is 14.9 Å². The average molecular weight is 634 g/mol. The maximum absolute atomic E-state index is 12.4. The summed E-state index contributed by atoms with van der Waals surface area (Å²) in [7, 11) is 0. The predicted octanol–water partition coefficient (Wildman–Crippen LogP) is 6.46. The van der Waals surface area contributed by atoms with Gasteiger partial charge in [-0.25, -0.2) is 14.7 Å². The molecule has 45 heavy (non-hydrogen) atoms. The number of alkyl halides is 3. The molecule has 3 aromatic carbocycles. The van der Waals surface area contributed by atoms with E-state index in [1.807, 2.05) is 29.0 Å². The summed E-state index contributed by atoms with van der Waals surface area (Å²) in [5, 5.41) is 30.0. The molecule has 9 nitrogen and oxygen atoms in total. The molecule has 0 aliphatic heterocycles. The lowest BCUT2D eigenvalue weighted by Crippen LogP contribution is -2.33. The molecule has 232 valence electrons. The van der Waals surface area contributed by atoms with Gasteiger partial charge in [-0.1, -0.05) is 50.2 Å². The average Bonchev–Trinajstić information content (AvgIpc) is 3.62. The standard InChI is InChI=1S/C32H30F3N7O2S/c1-19(2)28-20(3)6-5-7-27(28)42-21(4)17-45-31(42)39-30(43)38-26(16-36)22-8-10-23(11-9-22)29-37-18-41(40-29)24-12-14-25(15-13-24)44-32(33,34)35/h5-15,17-19,26,30,38,43H,1-4H3. The molecule has 0 fully saturated rings. The molecule has 0 aliphatic carbocycles. The van der Waals surface area contributed by atoms with Crippen LogP contribution in [0.1, 0.15) is 48.2 Å². The number of ether oxygens (including phenoxy) is 1. The summed E-state index contributed by atoms with van der Waals surface area (Å²) >= 11 is 1.40. The van der Waals surface area contributed by atoms with Gasteiger partial charge in [-0.15, -0.1) is 29.6 Å². The van der Waals surface area contributed by atoms with E-state index in [-0.39, 0.29) is 11.7 Å². The van der Waals surface area contributed by atoms with Gasteiger partial charge in [0.1, 0.15) is 18.1 Å². The van der Waals surface area contributed by atoms with Crippen molar-refractivity contribution in [2.75, 3.05) is 0 Å². The van der Waals surface area contributed by atoms with E-state index < -0.39 is 18.8 Å². The predicted molar refractivity (Wildman–Crippen MR) is 164 cm³/mol. The van der Waals surface area contributed by atoms with Crippen LogP contribution in [0.4, 0.5) is 13.2 Å². The molecule has 0 spiro atoms. The number of aromatic nitrogens is 4. The monoisotopic (exact) mass is 633 g/mol. The Morgan fingerprint density at radius 3 is 2.40 bits per heavy atom. The van der Waals surface area contributed by atoms with Crippen LogP contribution >= 0.6 is 11.3 Å². The van der Waals surface area contributed by atoms with Gasteiger partial charge in [0.15, 0.2) is 10.6 Å². The number of rotatable bonds is 9. The van der Waals surface area contributed by atoms with Crippen molar-refractivity contribution in [2.24, 2.45) is 4.99 Å². The molecule has 2 heterocycles. The molecule has 2 aromatic heterocycles. The number of hydrogen-bond donors (Lipinski definition) is 2. The van der Waals surface area contributed by atoms with Crippen LogP contribution in [0.25, 0.3) is 22.8 Å². The lowest BCUT2D eigenvalue weighted by Gasteiger charge is -2.18. The number of thiazole rings is 1. The summed E-state index contributed by atoms with van der Waals surface area (Å²) in [5.41, 5.74) is 6.12. The van der Waals surface area contributed by atoms with Crippen LogP contribution in [-0.2, 0) is 0 Å². The fourth-order valence-corrected chi connectivity index (χ4v) is 5.92. The van der Waals surface area contributed by atoms with Gasteiger partial charge >= 0.3 is 6.36 Å². The molecule has 2 unspecified atom stereocenters. The second-order valence-corrected chi connectivity index (χ2v) is 11.4. The summed E-state index contributed by atoms with van der Waals surface area (Å²) in [6, 6.07) is 19.6. The molecule has 13 heteroatoms. The number of aliphatic hydroxyl groups is 1. The molecule has 0 radical (unpaired) electrons. The topological polar surface area (TPSA) is 113 Å². The Kier molecular flexibility index (Phi) is 9.19. The van der Waals surface area contributed by atoms with Crippen molar-refractivity contribution in [3.05, 3.63) is 106 Å². The lowest BCUT2D eigenvalue weighted by atomic mass is 9.96. The Morgan fingerprint density at radius 2 is 1.76 bits per heavy atom. The van der Waals surface area contributed by atoms with Gasteiger partial charge in [0.25, 0.3) is 0 Å². The molecular weight excluding hydrogens is 603 g/mol. The highest BCUT2D eigenvalue weighted by atomic mass is 32.1. The van der Waals surface area contributed by atoms with Gasteiger partial charge in [-0.2, -0.15) is 5.26 Å². The molecule has 0 amide bonds. The van der Waals surface area contributed by atoms with Crippen LogP contribution in [-0.4, -0.2) is 37.2 Å². The van der Waals surface area contributed by atoms with Crippen LogP contribution in [0.15, 0.2) is 83.4 Å². The normalized spacial score (nSPS) is 13.6. The van der Waals surface area contributed by atoms with Crippen molar-refractivity contribution in [1.29, 1.82) is 5.26 Å². The Hall–Kier alpha value is -4.77. The fraction of sp³-hybridized carbons (Fsp3) is 0.250. The SMILES string of the molecule is Cc1cccc(-n2c(C)csc2=NC(O)NC(C#N)c2ccc(-c3ncn(-c4ccc(OC(F)(F)F)cc4)n3)cc2)c1C(C)C. The summed E-state index contributed by atoms with van der Waals surface area (Å²) < 4.78 is 44.7. The van der Waals surface area contributed by atoms with E-state index in [2.05, 4.69) is 58.0 Å². The van der Waals surface area contributed by atoms with E-state index in [1.54, 1.807) is 24.3 Å². The number of nitrogens with one attached hydrogen (secondary N) is 1. The maximum Gasteiger partial charge on any atom is 0.573 e. The second-order valence-electron chi connectivity index (χ2n) is 10.6. The van der Waals surface area contributed by atoms with Crippen molar-refractivity contribution in [2.45, 2.75) is 52.4 Å². The number of halogens is 3. The minimum absolute atomic E-state index is 0.284. The molecule has 0 saturated heterocycles. The largest absolute Gasteiger partial charge is 0.573 e. The quantitative estimate of drug-likeness (QED) is 0.180. The van der Waals surface area contributed by atoms with Gasteiger partial charge in [0.05, 0.1) is 17.4 Å². The van der Waals surface area contributed by atoms with Crippen LogP contribution in [0.3, 0.4) is 0 Å². The summed E-state index contributed by atoms with van der Waals surface area (Å²) in [4.78, 5) is 9.40. The highest BCUT2D eigenvalue weighted by Gasteiger charge is 2.31. The number of nitriles is 1. The Morgan fingerprint density at radius 1 is 1.04 bits per heavy atom. The third kappa shape index (κ3) is 7.31. The van der Waals surface area contributed by atoms with Crippen molar-refractivity contribution in [3.63, 3.8) is 0 Å². The van der Waals surface area contributed by atoms with E-state index in [9.17, 15) is 23.5 Å². The van der Waals surface area contributed by atoms with E-state index in [0.717, 1.165) is 11.4 Å². The van der Waals surface area contributed by atoms with Crippen molar-refractivity contribution in [1.82, 2.24) is 24.6 Å². The number of nitrogens with zero attached hydrogens (tertiary/aromatic N) is 6. The van der Waals surface area contributed by atoms with Crippen LogP contribution in [0, 0.1) is 25.2 Å². The van der Waals surface area contributed by atoms with Gasteiger partial charge < -0.3 is 9.84 Å². The zero-order valence-electron chi connectivity index (χ0n) is 24.8. The number of benzene rings is 3. The smallest absolute Gasteiger partial charge is 0.406 e. The van der Waals surface area contributed by atoms with E-state index in [4.69, 9.17) is 0 Å². The van der Waals surface area contributed by atoms with Gasteiger partial charge in [-0.3, -0.25) is 9.88 Å². The first-order chi connectivity index (χ1) is 21.4. The first-order valence-corrected chi connectivity index (χ1v) is 14.8. The molecule has 0 bridgehead atoms. The third-order valence-corrected chi connectivity index (χ3v) is 7.96. The summed E-state index contributed by atoms with van der Waals surface area (Å²) in [6.07, 6.45) is -4.68. The molecule has 0 saturated carbocycles. The van der Waals surface area contributed by atoms with Crippen molar-refractivity contribution < 1.29 is 23.0 Å². The zero-order valence-corrected chi connectivity index (χ0v) is 25.6. The molecule has 2 N–H and O–H groups in total. The molecular formula is C32H30F3N7O2S. The second kappa shape index (κ2) is 13.1. The molecule has 2 atom stereocenters. The highest BCUT2D eigenvalue weighted by molar-refractivity contribution is 7.07. The van der Waals surface area contributed by atoms with Crippen LogP contribution in [0.5, 0.6) is 5.75 Å². The van der Waals surface area contributed by atoms with Gasteiger partial charge in [0.2, 0.25) is 6.35 Å². The molecule has 5 rings (SSSR count). The fourth-order valence-electron chi connectivity index (χ4n) is 5.03. The summed E-state index contributed by atoms with van der Waals surface area (Å²) in [6.45, 7) is 8.36. The van der Waals surface area contributed by atoms with Crippen molar-refractivity contribution in [3.8, 4) is 34.6 Å². The number of hydrogen-bond acceptors (Lipinski definition) is 8. The van der Waals surface area contributed by atoms with Gasteiger partial charge in [0, 0.05) is 16.6 Å². The van der Waals surface area contributed by atoms with Crippen LogP contribution in [0.2, 0.25) is 0 Å². The number of aliphatic hydroxyl groups excluding tert-OH is 1. The highest BCUT2D eigenvalue weighted by Crippen LogP contribution is 2.28. The zero-order chi connectivity index (χ0) is 32.3. The Bertz CT molecular complexity index is 1890. The minimum atomic E-state index is -4.77. The van der Waals surface area contributed by atoms with Gasteiger partial charge in [-0.05, 0) is 66.8 Å². The van der Waals surface area contributed by atoms with E-state index in [0.29, 0.717) is 27.4 Å². The Labute approximate surface area is 261 Å². The lowest BCUT2D eigenvalue weighted by molar-refractivity contribution is -0.274.